The summed E-state index contributed by atoms with van der Waals surface area (Å²) >= 11 is 13.8. The molecule has 2 saturated carbocycles. The third-order valence-electron chi connectivity index (χ3n) is 5.07. The van der Waals surface area contributed by atoms with E-state index in [0.717, 1.165) is 0 Å². The average molecular weight is 339 g/mol. The standard InChI is InChI=1S/C14H28Cl2OSi2/c1-18(15,13-9-5-3-6-10-13)17-19(2,16)14-11-7-4-8-12-14/h13-14H,3-12H2,1-2H3. The summed E-state index contributed by atoms with van der Waals surface area (Å²) in [5, 5.41) is 0. The van der Waals surface area contributed by atoms with Gasteiger partial charge in [0.15, 0.2) is 0 Å². The molecule has 0 saturated heterocycles. The van der Waals surface area contributed by atoms with Crippen molar-refractivity contribution in [2.45, 2.75) is 88.4 Å². The van der Waals surface area contributed by atoms with Crippen LogP contribution in [0.4, 0.5) is 0 Å². The lowest BCUT2D eigenvalue weighted by molar-refractivity contribution is 0.423. The van der Waals surface area contributed by atoms with E-state index in [-0.39, 0.29) is 0 Å². The molecule has 0 spiro atoms. The van der Waals surface area contributed by atoms with Crippen LogP contribution in [0.25, 0.3) is 0 Å². The van der Waals surface area contributed by atoms with Gasteiger partial charge in [-0.1, -0.05) is 38.5 Å². The fourth-order valence-corrected chi connectivity index (χ4v) is 15.7. The van der Waals surface area contributed by atoms with Gasteiger partial charge in [0.05, 0.1) is 0 Å². The van der Waals surface area contributed by atoms with Crippen LogP contribution in [0.5, 0.6) is 0 Å². The van der Waals surface area contributed by atoms with E-state index in [1.165, 1.54) is 64.2 Å². The fourth-order valence-electron chi connectivity index (χ4n) is 3.79. The molecule has 0 aromatic heterocycles. The smallest absolute Gasteiger partial charge is 0.280 e. The SMILES string of the molecule is C[Si](Cl)(O[Si](C)(Cl)C1CCCCC1)C1CCCCC1. The normalized spacial score (nSPS) is 29.7. The summed E-state index contributed by atoms with van der Waals surface area (Å²) in [4.78, 5) is 0. The molecule has 0 N–H and O–H groups in total. The molecule has 2 aliphatic rings. The van der Waals surface area contributed by atoms with Gasteiger partial charge < -0.3 is 4.12 Å². The van der Waals surface area contributed by atoms with E-state index in [4.69, 9.17) is 26.3 Å². The molecule has 0 aliphatic heterocycles. The highest BCUT2D eigenvalue weighted by atomic mass is 35.6. The van der Waals surface area contributed by atoms with Gasteiger partial charge in [-0.3, -0.25) is 0 Å². The maximum atomic E-state index is 6.89. The van der Waals surface area contributed by atoms with Crippen molar-refractivity contribution in [3.05, 3.63) is 0 Å². The molecular weight excluding hydrogens is 311 g/mol. The van der Waals surface area contributed by atoms with Crippen LogP contribution < -0.4 is 0 Å². The minimum absolute atomic E-state index is 0.622. The Balaban J connectivity index is 1.96. The van der Waals surface area contributed by atoms with E-state index < -0.39 is 15.3 Å². The summed E-state index contributed by atoms with van der Waals surface area (Å²) in [6.07, 6.45) is 13.1. The number of halogens is 2. The molecular formula is C14H28Cl2OSi2. The van der Waals surface area contributed by atoms with Gasteiger partial charge in [-0.25, -0.2) is 0 Å². The van der Waals surface area contributed by atoms with E-state index in [0.29, 0.717) is 11.1 Å². The minimum Gasteiger partial charge on any atom is -0.433 e. The lowest BCUT2D eigenvalue weighted by Crippen LogP contribution is -2.48. The van der Waals surface area contributed by atoms with E-state index in [2.05, 4.69) is 13.1 Å². The van der Waals surface area contributed by atoms with Crippen LogP contribution in [0, 0.1) is 0 Å². The second-order valence-corrected chi connectivity index (χ2v) is 17.6. The van der Waals surface area contributed by atoms with E-state index in [9.17, 15) is 0 Å². The third kappa shape index (κ3) is 4.47. The monoisotopic (exact) mass is 338 g/mol. The van der Waals surface area contributed by atoms with Gasteiger partial charge in [0.25, 0.3) is 15.3 Å². The van der Waals surface area contributed by atoms with Gasteiger partial charge in [0.1, 0.15) is 0 Å². The fraction of sp³-hybridized carbons (Fsp3) is 1.00. The molecule has 0 amide bonds. The Morgan fingerprint density at radius 2 is 1.00 bits per heavy atom. The van der Waals surface area contributed by atoms with Gasteiger partial charge in [-0.05, 0) is 49.9 Å². The van der Waals surface area contributed by atoms with E-state index in [1.54, 1.807) is 0 Å². The molecule has 1 nitrogen and oxygen atoms in total. The lowest BCUT2D eigenvalue weighted by atomic mass is 10.0. The van der Waals surface area contributed by atoms with Gasteiger partial charge in [0, 0.05) is 0 Å². The average Bonchev–Trinajstić information content (AvgIpc) is 2.40. The third-order valence-corrected chi connectivity index (χ3v) is 15.6. The maximum Gasteiger partial charge on any atom is 0.280 e. The molecule has 2 aliphatic carbocycles. The minimum atomic E-state index is -2.12. The second-order valence-electron chi connectivity index (χ2n) is 6.74. The Kier molecular flexibility index (Phi) is 5.87. The number of hydrogen-bond acceptors (Lipinski definition) is 1. The summed E-state index contributed by atoms with van der Waals surface area (Å²) in [5.41, 5.74) is 1.24. The Labute approximate surface area is 130 Å². The van der Waals surface area contributed by atoms with Crippen molar-refractivity contribution >= 4 is 37.4 Å². The summed E-state index contributed by atoms with van der Waals surface area (Å²) in [5.74, 6) is 0. The van der Waals surface area contributed by atoms with Crippen LogP contribution in [-0.2, 0) is 4.12 Å². The van der Waals surface area contributed by atoms with Crippen LogP contribution in [-0.4, -0.2) is 15.3 Å². The van der Waals surface area contributed by atoms with Gasteiger partial charge >= 0.3 is 0 Å². The van der Waals surface area contributed by atoms with E-state index >= 15 is 0 Å². The predicted molar refractivity (Wildman–Crippen MR) is 89.7 cm³/mol. The first kappa shape index (κ1) is 16.3. The largest absolute Gasteiger partial charge is 0.433 e. The van der Waals surface area contributed by atoms with E-state index in [1.807, 2.05) is 0 Å². The molecule has 0 aromatic carbocycles. The van der Waals surface area contributed by atoms with Crippen molar-refractivity contribution in [1.29, 1.82) is 0 Å². The summed E-state index contributed by atoms with van der Waals surface area (Å²) in [6.45, 7) is 4.39. The first-order chi connectivity index (χ1) is 8.92. The molecule has 2 fully saturated rings. The molecule has 112 valence electrons. The van der Waals surface area contributed by atoms with Crippen molar-refractivity contribution < 1.29 is 4.12 Å². The molecule has 2 rings (SSSR count). The quantitative estimate of drug-likeness (QED) is 0.432. The van der Waals surface area contributed by atoms with Crippen molar-refractivity contribution in [3.8, 4) is 0 Å². The summed E-state index contributed by atoms with van der Waals surface area (Å²) < 4.78 is 6.51. The zero-order valence-electron chi connectivity index (χ0n) is 12.4. The Morgan fingerprint density at radius 1 is 0.684 bits per heavy atom. The first-order valence-electron chi connectivity index (χ1n) is 8.00. The highest BCUT2D eigenvalue weighted by Gasteiger charge is 2.47. The zero-order chi connectivity index (χ0) is 13.9. The van der Waals surface area contributed by atoms with Gasteiger partial charge in [-0.2, -0.15) is 0 Å². The molecule has 0 aromatic rings. The molecule has 0 bridgehead atoms. The molecule has 19 heavy (non-hydrogen) atoms. The van der Waals surface area contributed by atoms with Crippen LogP contribution in [0.1, 0.15) is 64.2 Å². The van der Waals surface area contributed by atoms with Crippen molar-refractivity contribution in [1.82, 2.24) is 0 Å². The van der Waals surface area contributed by atoms with Crippen molar-refractivity contribution in [2.75, 3.05) is 0 Å². The number of hydrogen-bond donors (Lipinski definition) is 0. The Morgan fingerprint density at radius 3 is 1.32 bits per heavy atom. The van der Waals surface area contributed by atoms with Crippen LogP contribution in [0.2, 0.25) is 24.2 Å². The van der Waals surface area contributed by atoms with Crippen molar-refractivity contribution in [3.63, 3.8) is 0 Å². The Hall–Kier alpha value is 0.974. The summed E-state index contributed by atoms with van der Waals surface area (Å²) in [6, 6.07) is 0. The molecule has 2 unspecified atom stereocenters. The Bertz CT molecular complexity index is 257. The molecule has 0 heterocycles. The summed E-state index contributed by atoms with van der Waals surface area (Å²) in [7, 11) is -4.24. The van der Waals surface area contributed by atoms with Crippen LogP contribution >= 0.6 is 22.2 Å². The van der Waals surface area contributed by atoms with Gasteiger partial charge in [-0.15, -0.1) is 22.2 Å². The number of rotatable bonds is 4. The zero-order valence-corrected chi connectivity index (χ0v) is 15.9. The highest BCUT2D eigenvalue weighted by molar-refractivity contribution is 7.26. The topological polar surface area (TPSA) is 9.23 Å². The van der Waals surface area contributed by atoms with Crippen molar-refractivity contribution in [2.24, 2.45) is 0 Å². The molecule has 2 atom stereocenters. The molecule has 0 radical (unpaired) electrons. The predicted octanol–water partition coefficient (Wildman–Crippen LogP) is 6.29. The second kappa shape index (κ2) is 6.82. The first-order valence-corrected chi connectivity index (χ1v) is 15.0. The lowest BCUT2D eigenvalue weighted by Gasteiger charge is -2.41. The van der Waals surface area contributed by atoms with Gasteiger partial charge in [0.2, 0.25) is 0 Å². The maximum absolute atomic E-state index is 6.89. The molecule has 5 heteroatoms. The van der Waals surface area contributed by atoms with Crippen LogP contribution in [0.15, 0.2) is 0 Å². The highest BCUT2D eigenvalue weighted by Crippen LogP contribution is 2.46. The van der Waals surface area contributed by atoms with Crippen LogP contribution in [0.3, 0.4) is 0 Å².